The summed E-state index contributed by atoms with van der Waals surface area (Å²) in [4.78, 5) is 11.9. The molecule has 0 spiro atoms. The summed E-state index contributed by atoms with van der Waals surface area (Å²) >= 11 is 6.23. The van der Waals surface area contributed by atoms with Crippen LogP contribution in [0.3, 0.4) is 0 Å². The van der Waals surface area contributed by atoms with Gasteiger partial charge in [0.2, 0.25) is 0 Å². The van der Waals surface area contributed by atoms with Gasteiger partial charge in [0.05, 0.1) is 24.5 Å². The first-order valence-corrected chi connectivity index (χ1v) is 9.02. The lowest BCUT2D eigenvalue weighted by Gasteiger charge is -2.10. The Morgan fingerprint density at radius 1 is 1.26 bits per heavy atom. The number of fused-ring (bicyclic) bond motifs is 1. The molecule has 0 aromatic heterocycles. The summed E-state index contributed by atoms with van der Waals surface area (Å²) in [6.45, 7) is 4.91. The Morgan fingerprint density at radius 2 is 2.07 bits per heavy atom. The molecule has 3 rings (SSSR count). The summed E-state index contributed by atoms with van der Waals surface area (Å²) in [5, 5.41) is 4.39. The molecule has 0 aliphatic carbocycles. The van der Waals surface area contributed by atoms with Gasteiger partial charge in [-0.05, 0) is 48.7 Å². The predicted octanol–water partition coefficient (Wildman–Crippen LogP) is 3.65. The highest BCUT2D eigenvalue weighted by Gasteiger charge is 2.15. The molecule has 2 aromatic rings. The average molecular weight is 389 g/mol. The highest BCUT2D eigenvalue weighted by molar-refractivity contribution is 6.32. The van der Waals surface area contributed by atoms with Crippen LogP contribution in [-0.4, -0.2) is 31.9 Å². The van der Waals surface area contributed by atoms with Crippen LogP contribution in [0.15, 0.2) is 35.4 Å². The predicted molar refractivity (Wildman–Crippen MR) is 104 cm³/mol. The van der Waals surface area contributed by atoms with Crippen LogP contribution in [0.2, 0.25) is 5.02 Å². The molecule has 0 unspecified atom stereocenters. The fourth-order valence-corrected chi connectivity index (χ4v) is 2.82. The van der Waals surface area contributed by atoms with E-state index in [9.17, 15) is 4.79 Å². The number of rotatable bonds is 5. The molecule has 1 aliphatic rings. The molecular formula is C20H21ClN2O4. The lowest BCUT2D eigenvalue weighted by molar-refractivity contribution is -0.123. The molecule has 0 saturated heterocycles. The number of hydrazone groups is 1. The number of halogens is 1. The van der Waals surface area contributed by atoms with Crippen LogP contribution in [0.5, 0.6) is 17.2 Å². The molecule has 0 atom stereocenters. The minimum atomic E-state index is -0.354. The van der Waals surface area contributed by atoms with Crippen LogP contribution in [0, 0.1) is 13.8 Å². The third-order valence-electron chi connectivity index (χ3n) is 3.93. The second-order valence-electron chi connectivity index (χ2n) is 6.23. The Kier molecular flexibility index (Phi) is 6.19. The van der Waals surface area contributed by atoms with E-state index < -0.39 is 0 Å². The lowest BCUT2D eigenvalue weighted by Crippen LogP contribution is -2.24. The Hall–Kier alpha value is -2.73. The monoisotopic (exact) mass is 388 g/mol. The van der Waals surface area contributed by atoms with Crippen LogP contribution in [0.4, 0.5) is 0 Å². The molecule has 1 heterocycles. The van der Waals surface area contributed by atoms with Crippen molar-refractivity contribution in [3.63, 3.8) is 0 Å². The summed E-state index contributed by atoms with van der Waals surface area (Å²) < 4.78 is 16.8. The third-order valence-corrected chi connectivity index (χ3v) is 4.21. The molecular weight excluding hydrogens is 368 g/mol. The van der Waals surface area contributed by atoms with Gasteiger partial charge in [0.25, 0.3) is 5.91 Å². The zero-order valence-corrected chi connectivity index (χ0v) is 16.0. The van der Waals surface area contributed by atoms with E-state index in [0.29, 0.717) is 41.0 Å². The largest absolute Gasteiger partial charge is 0.489 e. The van der Waals surface area contributed by atoms with Crippen molar-refractivity contribution >= 4 is 23.7 Å². The van der Waals surface area contributed by atoms with E-state index in [2.05, 4.69) is 10.5 Å². The van der Waals surface area contributed by atoms with Gasteiger partial charge in [0.15, 0.2) is 18.1 Å². The first kappa shape index (κ1) is 19.0. The van der Waals surface area contributed by atoms with Crippen molar-refractivity contribution in [1.82, 2.24) is 5.43 Å². The van der Waals surface area contributed by atoms with Gasteiger partial charge >= 0.3 is 0 Å². The van der Waals surface area contributed by atoms with Gasteiger partial charge in [-0.2, -0.15) is 5.10 Å². The summed E-state index contributed by atoms with van der Waals surface area (Å²) in [7, 11) is 0. The zero-order chi connectivity index (χ0) is 19.2. The minimum absolute atomic E-state index is 0.121. The molecule has 1 aliphatic heterocycles. The van der Waals surface area contributed by atoms with Gasteiger partial charge in [0, 0.05) is 6.42 Å². The summed E-state index contributed by atoms with van der Waals surface area (Å²) in [5.41, 5.74) is 5.17. The number of ether oxygens (including phenoxy) is 3. The number of benzene rings is 2. The van der Waals surface area contributed by atoms with Crippen molar-refractivity contribution in [3.8, 4) is 17.2 Å². The van der Waals surface area contributed by atoms with Gasteiger partial charge in [0.1, 0.15) is 5.75 Å². The number of hydrogen-bond donors (Lipinski definition) is 1. The molecule has 0 radical (unpaired) electrons. The van der Waals surface area contributed by atoms with E-state index >= 15 is 0 Å². The van der Waals surface area contributed by atoms with Crippen molar-refractivity contribution in [1.29, 1.82) is 0 Å². The van der Waals surface area contributed by atoms with Gasteiger partial charge in [-0.1, -0.05) is 23.7 Å². The maximum atomic E-state index is 11.9. The fourth-order valence-electron chi connectivity index (χ4n) is 2.54. The van der Waals surface area contributed by atoms with Gasteiger partial charge < -0.3 is 14.2 Å². The summed E-state index contributed by atoms with van der Waals surface area (Å²) in [6.07, 6.45) is 2.29. The molecule has 0 saturated carbocycles. The third kappa shape index (κ3) is 5.14. The minimum Gasteiger partial charge on any atom is -0.489 e. The quantitative estimate of drug-likeness (QED) is 0.627. The SMILES string of the molecule is Cc1ccc(C)c(OCC(=O)N/N=C\c2cc(Cl)c3c(c2)OCCCO3)c1. The molecule has 7 heteroatoms. The topological polar surface area (TPSA) is 69.2 Å². The number of nitrogens with zero attached hydrogens (tertiary/aromatic N) is 1. The van der Waals surface area contributed by atoms with E-state index in [0.717, 1.165) is 17.5 Å². The number of nitrogens with one attached hydrogen (secondary N) is 1. The first-order valence-electron chi connectivity index (χ1n) is 8.64. The molecule has 142 valence electrons. The average Bonchev–Trinajstić information content (AvgIpc) is 2.88. The molecule has 27 heavy (non-hydrogen) atoms. The lowest BCUT2D eigenvalue weighted by atomic mass is 10.1. The molecule has 1 N–H and O–H groups in total. The van der Waals surface area contributed by atoms with Crippen molar-refractivity contribution in [3.05, 3.63) is 52.0 Å². The molecule has 0 bridgehead atoms. The molecule has 1 amide bonds. The first-order chi connectivity index (χ1) is 13.0. The second kappa shape index (κ2) is 8.77. The van der Waals surface area contributed by atoms with Crippen LogP contribution < -0.4 is 19.6 Å². The van der Waals surface area contributed by atoms with E-state index in [-0.39, 0.29) is 12.5 Å². The highest BCUT2D eigenvalue weighted by Crippen LogP contribution is 2.37. The van der Waals surface area contributed by atoms with Crippen LogP contribution >= 0.6 is 11.6 Å². The standard InChI is InChI=1S/C20H21ClN2O4/c1-13-4-5-14(2)17(8-13)27-12-19(24)23-22-11-15-9-16(21)20-18(10-15)25-6-3-7-26-20/h4-5,8-11H,3,6-7,12H2,1-2H3,(H,23,24)/b22-11-. The number of carbonyl (C=O) groups is 1. The van der Waals surface area contributed by atoms with Crippen LogP contribution in [-0.2, 0) is 4.79 Å². The zero-order valence-electron chi connectivity index (χ0n) is 15.3. The Morgan fingerprint density at radius 3 is 2.93 bits per heavy atom. The van der Waals surface area contributed by atoms with Gasteiger partial charge in [-0.15, -0.1) is 0 Å². The Labute approximate surface area is 163 Å². The van der Waals surface area contributed by atoms with E-state index in [1.165, 1.54) is 6.21 Å². The normalized spacial score (nSPS) is 13.3. The van der Waals surface area contributed by atoms with E-state index in [4.69, 9.17) is 25.8 Å². The number of hydrogen-bond acceptors (Lipinski definition) is 5. The van der Waals surface area contributed by atoms with E-state index in [1.54, 1.807) is 12.1 Å². The van der Waals surface area contributed by atoms with Gasteiger partial charge in [-0.3, -0.25) is 4.79 Å². The summed E-state index contributed by atoms with van der Waals surface area (Å²) in [6, 6.07) is 9.32. The van der Waals surface area contributed by atoms with E-state index in [1.807, 2.05) is 32.0 Å². The van der Waals surface area contributed by atoms with Gasteiger partial charge in [-0.25, -0.2) is 5.43 Å². The van der Waals surface area contributed by atoms with Crippen LogP contribution in [0.25, 0.3) is 0 Å². The summed E-state index contributed by atoms with van der Waals surface area (Å²) in [5.74, 6) is 1.44. The fraction of sp³-hybridized carbons (Fsp3) is 0.300. The van der Waals surface area contributed by atoms with Crippen molar-refractivity contribution in [2.45, 2.75) is 20.3 Å². The highest BCUT2D eigenvalue weighted by atomic mass is 35.5. The molecule has 6 nitrogen and oxygen atoms in total. The Balaban J connectivity index is 1.57. The Bertz CT molecular complexity index is 867. The van der Waals surface area contributed by atoms with Crippen molar-refractivity contribution in [2.24, 2.45) is 5.10 Å². The number of aryl methyl sites for hydroxylation is 2. The van der Waals surface area contributed by atoms with Crippen molar-refractivity contribution in [2.75, 3.05) is 19.8 Å². The smallest absolute Gasteiger partial charge is 0.277 e. The molecule has 0 fully saturated rings. The second-order valence-corrected chi connectivity index (χ2v) is 6.64. The van der Waals surface area contributed by atoms with Crippen molar-refractivity contribution < 1.29 is 19.0 Å². The number of amides is 1. The maximum absolute atomic E-state index is 11.9. The van der Waals surface area contributed by atoms with Crippen LogP contribution in [0.1, 0.15) is 23.1 Å². The molecule has 2 aromatic carbocycles. The number of carbonyl (C=O) groups excluding carboxylic acids is 1. The maximum Gasteiger partial charge on any atom is 0.277 e.